The molecule has 5 heteroatoms. The topological polar surface area (TPSA) is 72.4 Å². The molecule has 100 valence electrons. The predicted octanol–water partition coefficient (Wildman–Crippen LogP) is 1.64. The average molecular weight is 259 g/mol. The monoisotopic (exact) mass is 259 g/mol. The van der Waals surface area contributed by atoms with Crippen LogP contribution in [0.5, 0.6) is 0 Å². The van der Waals surface area contributed by atoms with Gasteiger partial charge in [0.1, 0.15) is 11.8 Å². The molecule has 1 unspecified atom stereocenters. The normalized spacial score (nSPS) is 12.6. The second-order valence-corrected chi connectivity index (χ2v) is 4.56. The lowest BCUT2D eigenvalue weighted by atomic mass is 10.1. The first-order chi connectivity index (χ1) is 9.08. The summed E-state index contributed by atoms with van der Waals surface area (Å²) in [6, 6.07) is 10.8. The summed E-state index contributed by atoms with van der Waals surface area (Å²) in [5.41, 5.74) is 7.16. The lowest BCUT2D eigenvalue weighted by molar-refractivity contribution is -0.123. The van der Waals surface area contributed by atoms with Crippen LogP contribution in [0.4, 0.5) is 0 Å². The SMILES string of the molecule is Cc1cc(CN(C)C(C(N)=O)c2ccccc2)no1. The first kappa shape index (κ1) is 13.3. The van der Waals surface area contributed by atoms with Crippen molar-refractivity contribution in [3.63, 3.8) is 0 Å². The summed E-state index contributed by atoms with van der Waals surface area (Å²) in [4.78, 5) is 13.5. The summed E-state index contributed by atoms with van der Waals surface area (Å²) in [5, 5.41) is 3.92. The molecular formula is C14H17N3O2. The molecule has 0 aliphatic rings. The van der Waals surface area contributed by atoms with Crippen LogP contribution < -0.4 is 5.73 Å². The van der Waals surface area contributed by atoms with E-state index in [9.17, 15) is 4.79 Å². The largest absolute Gasteiger partial charge is 0.368 e. The number of hydrogen-bond donors (Lipinski definition) is 1. The summed E-state index contributed by atoms with van der Waals surface area (Å²) in [5.74, 6) is 0.368. The van der Waals surface area contributed by atoms with Gasteiger partial charge in [0.2, 0.25) is 5.91 Å². The molecule has 5 nitrogen and oxygen atoms in total. The zero-order chi connectivity index (χ0) is 13.8. The molecule has 2 rings (SSSR count). The van der Waals surface area contributed by atoms with Gasteiger partial charge in [-0.2, -0.15) is 0 Å². The number of carbonyl (C=O) groups excluding carboxylic acids is 1. The van der Waals surface area contributed by atoms with E-state index in [-0.39, 0.29) is 5.91 Å². The zero-order valence-electron chi connectivity index (χ0n) is 11.0. The van der Waals surface area contributed by atoms with Crippen molar-refractivity contribution in [3.05, 3.63) is 53.4 Å². The fourth-order valence-electron chi connectivity index (χ4n) is 2.11. The van der Waals surface area contributed by atoms with E-state index < -0.39 is 6.04 Å². The Morgan fingerprint density at radius 1 is 1.42 bits per heavy atom. The van der Waals surface area contributed by atoms with Crippen molar-refractivity contribution in [1.29, 1.82) is 0 Å². The van der Waals surface area contributed by atoms with E-state index in [1.807, 2.05) is 55.3 Å². The number of nitrogens with two attached hydrogens (primary N) is 1. The van der Waals surface area contributed by atoms with Crippen molar-refractivity contribution in [2.75, 3.05) is 7.05 Å². The number of aryl methyl sites for hydroxylation is 1. The quantitative estimate of drug-likeness (QED) is 0.886. The molecule has 1 aromatic carbocycles. The van der Waals surface area contributed by atoms with Crippen LogP contribution in [0.15, 0.2) is 40.9 Å². The highest BCUT2D eigenvalue weighted by Gasteiger charge is 2.23. The van der Waals surface area contributed by atoms with Crippen LogP contribution in [-0.4, -0.2) is 23.0 Å². The van der Waals surface area contributed by atoms with E-state index in [0.29, 0.717) is 6.54 Å². The van der Waals surface area contributed by atoms with E-state index in [1.165, 1.54) is 0 Å². The minimum Gasteiger partial charge on any atom is -0.368 e. The Kier molecular flexibility index (Phi) is 3.97. The molecule has 1 aromatic heterocycles. The third kappa shape index (κ3) is 3.20. The van der Waals surface area contributed by atoms with Gasteiger partial charge in [-0.25, -0.2) is 0 Å². The summed E-state index contributed by atoms with van der Waals surface area (Å²) >= 11 is 0. The summed E-state index contributed by atoms with van der Waals surface area (Å²) in [6.45, 7) is 2.33. The van der Waals surface area contributed by atoms with Crippen LogP contribution in [0.3, 0.4) is 0 Å². The Morgan fingerprint density at radius 3 is 2.63 bits per heavy atom. The number of carbonyl (C=O) groups is 1. The van der Waals surface area contributed by atoms with Crippen molar-refractivity contribution in [1.82, 2.24) is 10.1 Å². The summed E-state index contributed by atoms with van der Waals surface area (Å²) in [6.07, 6.45) is 0. The molecule has 0 aliphatic heterocycles. The molecule has 0 radical (unpaired) electrons. The molecule has 1 amide bonds. The number of likely N-dealkylation sites (N-methyl/N-ethyl adjacent to an activating group) is 1. The fourth-order valence-corrected chi connectivity index (χ4v) is 2.11. The molecule has 1 heterocycles. The highest BCUT2D eigenvalue weighted by atomic mass is 16.5. The molecule has 0 saturated heterocycles. The molecule has 2 aromatic rings. The Morgan fingerprint density at radius 2 is 2.11 bits per heavy atom. The van der Waals surface area contributed by atoms with Crippen LogP contribution in [-0.2, 0) is 11.3 Å². The van der Waals surface area contributed by atoms with Crippen LogP contribution in [0.2, 0.25) is 0 Å². The van der Waals surface area contributed by atoms with Crippen molar-refractivity contribution >= 4 is 5.91 Å². The van der Waals surface area contributed by atoms with E-state index in [4.69, 9.17) is 10.3 Å². The van der Waals surface area contributed by atoms with Gasteiger partial charge < -0.3 is 10.3 Å². The maximum atomic E-state index is 11.7. The highest BCUT2D eigenvalue weighted by molar-refractivity contribution is 5.81. The molecule has 0 aliphatic carbocycles. The third-order valence-electron chi connectivity index (χ3n) is 2.91. The Hall–Kier alpha value is -2.14. The first-order valence-electron chi connectivity index (χ1n) is 6.04. The third-order valence-corrected chi connectivity index (χ3v) is 2.91. The smallest absolute Gasteiger partial charge is 0.239 e. The second kappa shape index (κ2) is 5.67. The zero-order valence-corrected chi connectivity index (χ0v) is 11.0. The maximum absolute atomic E-state index is 11.7. The van der Waals surface area contributed by atoms with E-state index >= 15 is 0 Å². The number of aromatic nitrogens is 1. The van der Waals surface area contributed by atoms with Crippen LogP contribution in [0.25, 0.3) is 0 Å². The molecule has 0 saturated carbocycles. The van der Waals surface area contributed by atoms with Crippen LogP contribution in [0.1, 0.15) is 23.1 Å². The van der Waals surface area contributed by atoms with Gasteiger partial charge in [-0.3, -0.25) is 9.69 Å². The number of nitrogens with zero attached hydrogens (tertiary/aromatic N) is 2. The van der Waals surface area contributed by atoms with E-state index in [1.54, 1.807) is 0 Å². The minimum atomic E-state index is -0.474. The van der Waals surface area contributed by atoms with Gasteiger partial charge in [0.05, 0.1) is 5.69 Å². The predicted molar refractivity (Wildman–Crippen MR) is 71.1 cm³/mol. The Balaban J connectivity index is 2.18. The van der Waals surface area contributed by atoms with Gasteiger partial charge >= 0.3 is 0 Å². The van der Waals surface area contributed by atoms with Gasteiger partial charge in [-0.1, -0.05) is 35.5 Å². The highest BCUT2D eigenvalue weighted by Crippen LogP contribution is 2.20. The molecule has 0 spiro atoms. The molecule has 0 bridgehead atoms. The average Bonchev–Trinajstić information content (AvgIpc) is 2.75. The fraction of sp³-hybridized carbons (Fsp3) is 0.286. The van der Waals surface area contributed by atoms with Crippen LogP contribution in [0, 0.1) is 6.92 Å². The van der Waals surface area contributed by atoms with Crippen molar-refractivity contribution in [2.24, 2.45) is 5.73 Å². The number of amides is 1. The lowest BCUT2D eigenvalue weighted by Crippen LogP contribution is -2.35. The van der Waals surface area contributed by atoms with Gasteiger partial charge in [-0.05, 0) is 19.5 Å². The van der Waals surface area contributed by atoms with E-state index in [0.717, 1.165) is 17.0 Å². The molecule has 2 N–H and O–H groups in total. The van der Waals surface area contributed by atoms with Gasteiger partial charge in [0, 0.05) is 12.6 Å². The molecular weight excluding hydrogens is 242 g/mol. The Labute approximate surface area is 112 Å². The van der Waals surface area contributed by atoms with Crippen LogP contribution >= 0.6 is 0 Å². The standard InChI is InChI=1S/C14H17N3O2/c1-10-8-12(16-19-10)9-17(2)13(14(15)18)11-6-4-3-5-7-11/h3-8,13H,9H2,1-2H3,(H2,15,18). The van der Waals surface area contributed by atoms with Crippen molar-refractivity contribution in [3.8, 4) is 0 Å². The van der Waals surface area contributed by atoms with E-state index in [2.05, 4.69) is 5.16 Å². The second-order valence-electron chi connectivity index (χ2n) is 4.56. The maximum Gasteiger partial charge on any atom is 0.239 e. The lowest BCUT2D eigenvalue weighted by Gasteiger charge is -2.24. The first-order valence-corrected chi connectivity index (χ1v) is 6.04. The summed E-state index contributed by atoms with van der Waals surface area (Å²) < 4.78 is 5.02. The van der Waals surface area contributed by atoms with Crippen molar-refractivity contribution < 1.29 is 9.32 Å². The van der Waals surface area contributed by atoms with Gasteiger partial charge in [0.25, 0.3) is 0 Å². The van der Waals surface area contributed by atoms with Gasteiger partial charge in [0.15, 0.2) is 0 Å². The summed E-state index contributed by atoms with van der Waals surface area (Å²) in [7, 11) is 1.84. The number of hydrogen-bond acceptors (Lipinski definition) is 4. The number of benzene rings is 1. The number of primary amides is 1. The van der Waals surface area contributed by atoms with Crippen molar-refractivity contribution in [2.45, 2.75) is 19.5 Å². The van der Waals surface area contributed by atoms with Gasteiger partial charge in [-0.15, -0.1) is 0 Å². The Bertz CT molecular complexity index is 551. The minimum absolute atomic E-state index is 0.381. The number of rotatable bonds is 5. The molecule has 1 atom stereocenters. The molecule has 19 heavy (non-hydrogen) atoms. The molecule has 0 fully saturated rings.